The maximum Gasteiger partial charge on any atom is 0.257 e. The number of hydrogen-bond acceptors (Lipinski definition) is 4. The molecular weight excluding hydrogens is 336 g/mol. The van der Waals surface area contributed by atoms with Crippen LogP contribution in [0.2, 0.25) is 0 Å². The summed E-state index contributed by atoms with van der Waals surface area (Å²) in [5, 5.41) is 6.19. The Morgan fingerprint density at radius 2 is 1.70 bits per heavy atom. The molecule has 0 aliphatic heterocycles. The zero-order chi connectivity index (χ0) is 19.4. The van der Waals surface area contributed by atoms with Crippen LogP contribution in [-0.2, 0) is 0 Å². The normalized spacial score (nSPS) is 10.4. The molecule has 1 heterocycles. The summed E-state index contributed by atoms with van der Waals surface area (Å²) in [5.41, 5.74) is 5.55. The van der Waals surface area contributed by atoms with Crippen molar-refractivity contribution in [2.24, 2.45) is 0 Å². The first-order valence-corrected chi connectivity index (χ1v) is 8.81. The number of carbonyl (C=O) groups is 1. The molecule has 5 heteroatoms. The van der Waals surface area contributed by atoms with Crippen LogP contribution in [0.5, 0.6) is 0 Å². The van der Waals surface area contributed by atoms with Crippen LogP contribution >= 0.6 is 0 Å². The Balaban J connectivity index is 1.67. The van der Waals surface area contributed by atoms with Gasteiger partial charge >= 0.3 is 0 Å². The summed E-state index contributed by atoms with van der Waals surface area (Å²) in [6, 6.07) is 17.6. The Hall–Kier alpha value is -3.34. The Kier molecular flexibility index (Phi) is 5.41. The summed E-state index contributed by atoms with van der Waals surface area (Å²) in [6.45, 7) is 3.98. The first-order chi connectivity index (χ1) is 12.9. The molecule has 27 heavy (non-hydrogen) atoms. The lowest BCUT2D eigenvalue weighted by Crippen LogP contribution is -2.13. The smallest absolute Gasteiger partial charge is 0.257 e. The minimum absolute atomic E-state index is 0.168. The van der Waals surface area contributed by atoms with Crippen LogP contribution in [0, 0.1) is 13.8 Å². The third-order valence-electron chi connectivity index (χ3n) is 4.32. The first kappa shape index (κ1) is 18.5. The highest BCUT2D eigenvalue weighted by molar-refractivity contribution is 6.04. The summed E-state index contributed by atoms with van der Waals surface area (Å²) >= 11 is 0. The molecule has 5 nitrogen and oxygen atoms in total. The van der Waals surface area contributed by atoms with Gasteiger partial charge in [0.15, 0.2) is 0 Å². The van der Waals surface area contributed by atoms with Crippen molar-refractivity contribution in [2.75, 3.05) is 29.6 Å². The van der Waals surface area contributed by atoms with Gasteiger partial charge in [-0.15, -0.1) is 0 Å². The highest BCUT2D eigenvalue weighted by atomic mass is 16.1. The van der Waals surface area contributed by atoms with Gasteiger partial charge in [0, 0.05) is 37.4 Å². The topological polar surface area (TPSA) is 57.3 Å². The van der Waals surface area contributed by atoms with Crippen molar-refractivity contribution in [3.8, 4) is 0 Å². The molecule has 1 aromatic heterocycles. The van der Waals surface area contributed by atoms with Crippen molar-refractivity contribution < 1.29 is 4.79 Å². The van der Waals surface area contributed by atoms with Crippen LogP contribution in [0.4, 0.5) is 22.9 Å². The predicted octanol–water partition coefficient (Wildman–Crippen LogP) is 4.76. The molecular formula is C22H24N4O. The molecule has 1 amide bonds. The molecule has 2 N–H and O–H groups in total. The molecule has 0 unspecified atom stereocenters. The molecule has 2 aromatic carbocycles. The molecule has 0 aliphatic rings. The Morgan fingerprint density at radius 1 is 0.963 bits per heavy atom. The number of benzene rings is 2. The van der Waals surface area contributed by atoms with Gasteiger partial charge in [-0.25, -0.2) is 4.98 Å². The number of hydrogen-bond donors (Lipinski definition) is 2. The summed E-state index contributed by atoms with van der Waals surface area (Å²) in [4.78, 5) is 18.9. The van der Waals surface area contributed by atoms with E-state index in [4.69, 9.17) is 0 Å². The second kappa shape index (κ2) is 7.91. The minimum Gasteiger partial charge on any atom is -0.378 e. The first-order valence-electron chi connectivity index (χ1n) is 8.81. The summed E-state index contributed by atoms with van der Waals surface area (Å²) in [6.07, 6.45) is 1.58. The number of carbonyl (C=O) groups excluding carboxylic acids is 1. The van der Waals surface area contributed by atoms with Crippen LogP contribution in [-0.4, -0.2) is 25.0 Å². The zero-order valence-electron chi connectivity index (χ0n) is 16.1. The van der Waals surface area contributed by atoms with Crippen molar-refractivity contribution in [2.45, 2.75) is 13.8 Å². The lowest BCUT2D eigenvalue weighted by atomic mass is 10.1. The van der Waals surface area contributed by atoms with E-state index in [1.807, 2.05) is 75.3 Å². The molecule has 0 aliphatic carbocycles. The van der Waals surface area contributed by atoms with Crippen molar-refractivity contribution in [3.05, 3.63) is 77.5 Å². The maximum atomic E-state index is 12.5. The van der Waals surface area contributed by atoms with Gasteiger partial charge in [-0.3, -0.25) is 4.79 Å². The fourth-order valence-corrected chi connectivity index (χ4v) is 2.66. The summed E-state index contributed by atoms with van der Waals surface area (Å²) in [7, 11) is 4.01. The van der Waals surface area contributed by atoms with Crippen LogP contribution < -0.4 is 15.5 Å². The summed E-state index contributed by atoms with van der Waals surface area (Å²) in [5.74, 6) is 0.522. The quantitative estimate of drug-likeness (QED) is 0.689. The third-order valence-corrected chi connectivity index (χ3v) is 4.32. The SMILES string of the molecule is Cc1ccc(C)c(NC(=O)c2ccc(Nc3ccc(N(C)C)cc3)nc2)c1. The average Bonchev–Trinajstić information content (AvgIpc) is 2.65. The number of pyridine rings is 1. The predicted molar refractivity (Wildman–Crippen MR) is 112 cm³/mol. The van der Waals surface area contributed by atoms with E-state index < -0.39 is 0 Å². The Labute approximate surface area is 160 Å². The zero-order valence-corrected chi connectivity index (χ0v) is 16.1. The lowest BCUT2D eigenvalue weighted by molar-refractivity contribution is 0.102. The Bertz CT molecular complexity index is 932. The van der Waals surface area contributed by atoms with Gasteiger partial charge in [0.1, 0.15) is 5.82 Å². The molecule has 0 spiro atoms. The highest BCUT2D eigenvalue weighted by Gasteiger charge is 2.09. The molecule has 0 atom stereocenters. The van der Waals surface area contributed by atoms with Crippen molar-refractivity contribution >= 4 is 28.8 Å². The van der Waals surface area contributed by atoms with Gasteiger partial charge in [0.25, 0.3) is 5.91 Å². The molecule has 0 fully saturated rings. The number of aromatic nitrogens is 1. The number of nitrogens with one attached hydrogen (secondary N) is 2. The van der Waals surface area contributed by atoms with E-state index in [2.05, 4.69) is 15.6 Å². The monoisotopic (exact) mass is 360 g/mol. The fourth-order valence-electron chi connectivity index (χ4n) is 2.66. The lowest BCUT2D eigenvalue weighted by Gasteiger charge is -2.13. The average molecular weight is 360 g/mol. The number of aryl methyl sites for hydroxylation is 2. The molecule has 3 rings (SSSR count). The van der Waals surface area contributed by atoms with Crippen LogP contribution in [0.1, 0.15) is 21.5 Å². The number of nitrogens with zero attached hydrogens (tertiary/aromatic N) is 2. The molecule has 3 aromatic rings. The number of amides is 1. The second-order valence-corrected chi connectivity index (χ2v) is 6.77. The van der Waals surface area contributed by atoms with Crippen LogP contribution in [0.15, 0.2) is 60.8 Å². The highest BCUT2D eigenvalue weighted by Crippen LogP contribution is 2.20. The van der Waals surface area contributed by atoms with Gasteiger partial charge in [-0.05, 0) is 67.4 Å². The Morgan fingerprint density at radius 3 is 2.33 bits per heavy atom. The minimum atomic E-state index is -0.168. The summed E-state index contributed by atoms with van der Waals surface area (Å²) < 4.78 is 0. The maximum absolute atomic E-state index is 12.5. The van der Waals surface area contributed by atoms with E-state index in [1.165, 1.54) is 0 Å². The molecule has 0 saturated heterocycles. The van der Waals surface area contributed by atoms with Gasteiger partial charge < -0.3 is 15.5 Å². The van der Waals surface area contributed by atoms with E-state index in [0.29, 0.717) is 11.4 Å². The molecule has 0 saturated carbocycles. The molecule has 0 radical (unpaired) electrons. The van der Waals surface area contributed by atoms with Gasteiger partial charge in [0.05, 0.1) is 5.56 Å². The number of anilines is 4. The van der Waals surface area contributed by atoms with Crippen molar-refractivity contribution in [1.29, 1.82) is 0 Å². The van der Waals surface area contributed by atoms with Crippen molar-refractivity contribution in [1.82, 2.24) is 4.98 Å². The largest absolute Gasteiger partial charge is 0.378 e. The van der Waals surface area contributed by atoms with Gasteiger partial charge in [-0.1, -0.05) is 12.1 Å². The van der Waals surface area contributed by atoms with E-state index >= 15 is 0 Å². The third kappa shape index (κ3) is 4.64. The van der Waals surface area contributed by atoms with Crippen molar-refractivity contribution in [3.63, 3.8) is 0 Å². The van der Waals surface area contributed by atoms with E-state index in [0.717, 1.165) is 28.2 Å². The second-order valence-electron chi connectivity index (χ2n) is 6.77. The van der Waals surface area contributed by atoms with E-state index in [9.17, 15) is 4.79 Å². The van der Waals surface area contributed by atoms with Gasteiger partial charge in [-0.2, -0.15) is 0 Å². The molecule has 0 bridgehead atoms. The van der Waals surface area contributed by atoms with Crippen LogP contribution in [0.25, 0.3) is 0 Å². The van der Waals surface area contributed by atoms with Gasteiger partial charge in [0.2, 0.25) is 0 Å². The van der Waals surface area contributed by atoms with Crippen LogP contribution in [0.3, 0.4) is 0 Å². The number of rotatable bonds is 5. The molecule has 138 valence electrons. The standard InChI is InChI=1S/C22H24N4O/c1-15-5-6-16(2)20(13-15)25-22(27)17-7-12-21(23-14-17)24-18-8-10-19(11-9-18)26(3)4/h5-14H,1-4H3,(H,23,24)(H,25,27). The fraction of sp³-hybridized carbons (Fsp3) is 0.182. The van der Waals surface area contributed by atoms with E-state index in [1.54, 1.807) is 18.3 Å². The van der Waals surface area contributed by atoms with E-state index in [-0.39, 0.29) is 5.91 Å².